The number of nitrogens with one attached hydrogen (secondary N) is 1. The molecule has 0 aliphatic rings. The van der Waals surface area contributed by atoms with E-state index >= 15 is 0 Å². The minimum atomic E-state index is -4.00. The molecule has 0 aliphatic carbocycles. The number of carbonyl (C=O) groups excluding carboxylic acids is 2. The van der Waals surface area contributed by atoms with Crippen molar-refractivity contribution < 1.29 is 27.5 Å². The molecule has 0 fully saturated rings. The fourth-order valence-electron chi connectivity index (χ4n) is 3.40. The number of amides is 1. The highest BCUT2D eigenvalue weighted by atomic mass is 32.2. The van der Waals surface area contributed by atoms with Crippen LogP contribution in [-0.4, -0.2) is 51.0 Å². The summed E-state index contributed by atoms with van der Waals surface area (Å²) in [5.41, 5.74) is 12.7. The predicted octanol–water partition coefficient (Wildman–Crippen LogP) is 1.74. The first-order chi connectivity index (χ1) is 16.0. The molecule has 0 saturated heterocycles. The molecular weight excluding hydrogens is 462 g/mol. The van der Waals surface area contributed by atoms with E-state index in [2.05, 4.69) is 14.7 Å². The molecule has 11 nitrogen and oxygen atoms in total. The smallest absolute Gasteiger partial charge is 0.405 e. The lowest BCUT2D eigenvalue weighted by molar-refractivity contribution is 0.0627. The monoisotopic (exact) mass is 491 g/mol. The Balaban J connectivity index is 2.06. The number of methoxy groups -OCH3 is 1. The van der Waals surface area contributed by atoms with Gasteiger partial charge in [-0.3, -0.25) is 14.8 Å². The number of ether oxygens (including phenoxy) is 2. The molecule has 1 atom stereocenters. The minimum absolute atomic E-state index is 0.0715. The standard InChI is InChI=1S/C22H29N5O6S/c1-13-12-18(32-4)14(2)15(3)20(13)34(30,31)27-21(23)26-11-7-9-17(33-22(24)29)19(28)16-8-5-6-10-25-16/h5-6,8,10,12,17H,7,9,11H2,1-4H3,(H2,24,29)(H3,23,26,27)/t17-/m1/s1. The van der Waals surface area contributed by atoms with Gasteiger partial charge in [0.05, 0.1) is 12.0 Å². The van der Waals surface area contributed by atoms with E-state index in [0.29, 0.717) is 22.4 Å². The van der Waals surface area contributed by atoms with Crippen molar-refractivity contribution in [2.75, 3.05) is 13.7 Å². The normalized spacial score (nSPS) is 12.6. The van der Waals surface area contributed by atoms with Gasteiger partial charge in [-0.05, 0) is 68.5 Å². The van der Waals surface area contributed by atoms with Gasteiger partial charge in [0.25, 0.3) is 10.0 Å². The second-order valence-corrected chi connectivity index (χ2v) is 9.11. The van der Waals surface area contributed by atoms with Crippen molar-refractivity contribution in [3.05, 3.63) is 52.8 Å². The number of primary amides is 1. The van der Waals surface area contributed by atoms with Crippen molar-refractivity contribution in [3.63, 3.8) is 0 Å². The van der Waals surface area contributed by atoms with Crippen molar-refractivity contribution in [1.82, 2.24) is 9.71 Å². The number of Topliss-reactive ketones (excluding diaryl/α,β-unsaturated/α-hetero) is 1. The van der Waals surface area contributed by atoms with Gasteiger partial charge in [-0.1, -0.05) is 6.07 Å². The summed E-state index contributed by atoms with van der Waals surface area (Å²) >= 11 is 0. The van der Waals surface area contributed by atoms with Gasteiger partial charge in [0, 0.05) is 12.7 Å². The van der Waals surface area contributed by atoms with Crippen LogP contribution in [0, 0.1) is 20.8 Å². The second-order valence-electron chi connectivity index (χ2n) is 7.49. The van der Waals surface area contributed by atoms with Crippen LogP contribution in [0.4, 0.5) is 4.79 Å². The van der Waals surface area contributed by atoms with Crippen LogP contribution >= 0.6 is 0 Å². The van der Waals surface area contributed by atoms with E-state index in [0.717, 1.165) is 0 Å². The summed E-state index contributed by atoms with van der Waals surface area (Å²) in [6.07, 6.45) is -0.436. The highest BCUT2D eigenvalue weighted by Gasteiger charge is 2.25. The lowest BCUT2D eigenvalue weighted by atomic mass is 10.1. The average Bonchev–Trinajstić information content (AvgIpc) is 2.77. The SMILES string of the molecule is COc1cc(C)c(S(=O)(=O)NC(N)=NCCC[C@@H](OC(N)=O)C(=O)c2ccccn2)c(C)c1C. The van der Waals surface area contributed by atoms with Crippen LogP contribution in [0.2, 0.25) is 0 Å². The van der Waals surface area contributed by atoms with Crippen LogP contribution in [0.5, 0.6) is 5.75 Å². The first-order valence-electron chi connectivity index (χ1n) is 10.4. The molecule has 0 aliphatic heterocycles. The van der Waals surface area contributed by atoms with Crippen molar-refractivity contribution in [2.45, 2.75) is 44.6 Å². The molecule has 1 heterocycles. The van der Waals surface area contributed by atoms with Crippen LogP contribution < -0.4 is 20.9 Å². The van der Waals surface area contributed by atoms with Crippen molar-refractivity contribution in [2.24, 2.45) is 16.5 Å². The Morgan fingerprint density at radius 1 is 1.18 bits per heavy atom. The number of nitrogens with two attached hydrogens (primary N) is 2. The molecule has 0 spiro atoms. The molecule has 5 N–H and O–H groups in total. The molecule has 0 radical (unpaired) electrons. The maximum absolute atomic E-state index is 12.9. The van der Waals surface area contributed by atoms with Gasteiger partial charge < -0.3 is 20.9 Å². The second kappa shape index (κ2) is 11.5. The zero-order chi connectivity index (χ0) is 25.5. The fourth-order valence-corrected chi connectivity index (χ4v) is 4.88. The van der Waals surface area contributed by atoms with Crippen LogP contribution in [0.25, 0.3) is 0 Å². The summed E-state index contributed by atoms with van der Waals surface area (Å²) in [6.45, 7) is 5.18. The number of benzene rings is 1. The van der Waals surface area contributed by atoms with E-state index in [1.165, 1.54) is 19.4 Å². The number of sulfonamides is 1. The molecule has 0 saturated carbocycles. The first kappa shape index (κ1) is 26.6. The largest absolute Gasteiger partial charge is 0.496 e. The summed E-state index contributed by atoms with van der Waals surface area (Å²) in [4.78, 5) is 31.8. The zero-order valence-electron chi connectivity index (χ0n) is 19.5. The van der Waals surface area contributed by atoms with Crippen LogP contribution in [0.3, 0.4) is 0 Å². The van der Waals surface area contributed by atoms with Gasteiger partial charge in [-0.15, -0.1) is 0 Å². The third-order valence-corrected chi connectivity index (χ3v) is 6.72. The highest BCUT2D eigenvalue weighted by Crippen LogP contribution is 2.30. The van der Waals surface area contributed by atoms with Crippen LogP contribution in [0.15, 0.2) is 40.4 Å². The molecule has 1 aromatic heterocycles. The number of aryl methyl sites for hydroxylation is 1. The lowest BCUT2D eigenvalue weighted by Crippen LogP contribution is -2.37. The number of ketones is 1. The summed E-state index contributed by atoms with van der Waals surface area (Å²) < 4.78 is 38.3. The van der Waals surface area contributed by atoms with Gasteiger partial charge in [0.1, 0.15) is 11.4 Å². The number of rotatable bonds is 10. The lowest BCUT2D eigenvalue weighted by Gasteiger charge is -2.17. The topological polar surface area (TPSA) is 176 Å². The number of aromatic nitrogens is 1. The number of hydrogen-bond donors (Lipinski definition) is 3. The number of aliphatic imine (C=N–C) groups is 1. The molecule has 184 valence electrons. The summed E-state index contributed by atoms with van der Waals surface area (Å²) in [5.74, 6) is -0.225. The Morgan fingerprint density at radius 3 is 2.47 bits per heavy atom. The maximum Gasteiger partial charge on any atom is 0.405 e. The van der Waals surface area contributed by atoms with Crippen LogP contribution in [0.1, 0.15) is 40.0 Å². The third kappa shape index (κ3) is 6.67. The Morgan fingerprint density at radius 2 is 1.88 bits per heavy atom. The van der Waals surface area contributed by atoms with E-state index in [1.807, 2.05) is 0 Å². The molecule has 1 amide bonds. The van der Waals surface area contributed by atoms with Crippen molar-refractivity contribution >= 4 is 27.9 Å². The zero-order valence-corrected chi connectivity index (χ0v) is 20.3. The van der Waals surface area contributed by atoms with E-state index in [4.69, 9.17) is 20.9 Å². The molecule has 1 aromatic carbocycles. The van der Waals surface area contributed by atoms with Gasteiger partial charge in [-0.25, -0.2) is 17.9 Å². The van der Waals surface area contributed by atoms with Crippen molar-refractivity contribution in [1.29, 1.82) is 0 Å². The summed E-state index contributed by atoms with van der Waals surface area (Å²) in [6, 6.07) is 6.42. The average molecular weight is 492 g/mol. The van der Waals surface area contributed by atoms with Gasteiger partial charge in [0.2, 0.25) is 11.7 Å². The predicted molar refractivity (Wildman–Crippen MR) is 126 cm³/mol. The minimum Gasteiger partial charge on any atom is -0.496 e. The van der Waals surface area contributed by atoms with Crippen LogP contribution in [-0.2, 0) is 14.8 Å². The number of guanidine groups is 1. The molecule has 12 heteroatoms. The summed E-state index contributed by atoms with van der Waals surface area (Å²) in [7, 11) is -2.48. The maximum atomic E-state index is 12.9. The number of carbonyl (C=O) groups is 2. The van der Waals surface area contributed by atoms with Gasteiger partial charge in [0.15, 0.2) is 6.10 Å². The van der Waals surface area contributed by atoms with E-state index in [9.17, 15) is 18.0 Å². The van der Waals surface area contributed by atoms with Gasteiger partial charge >= 0.3 is 6.09 Å². The number of hydrogen-bond acceptors (Lipinski definition) is 8. The van der Waals surface area contributed by atoms with Crippen molar-refractivity contribution in [3.8, 4) is 5.75 Å². The highest BCUT2D eigenvalue weighted by molar-refractivity contribution is 7.90. The quantitative estimate of drug-likeness (QED) is 0.195. The summed E-state index contributed by atoms with van der Waals surface area (Å²) in [5, 5.41) is 0. The first-order valence-corrected chi connectivity index (χ1v) is 11.8. The molecular formula is C22H29N5O6S. The molecule has 0 bridgehead atoms. The van der Waals surface area contributed by atoms with Gasteiger partial charge in [-0.2, -0.15) is 0 Å². The Labute approximate surface area is 198 Å². The third-order valence-electron chi connectivity index (χ3n) is 5.08. The van der Waals surface area contributed by atoms with E-state index < -0.39 is 28.0 Å². The fraction of sp³-hybridized carbons (Fsp3) is 0.364. The number of pyridine rings is 1. The number of nitrogens with zero attached hydrogens (tertiary/aromatic N) is 2. The Bertz CT molecular complexity index is 1180. The molecule has 2 rings (SSSR count). The van der Waals surface area contributed by atoms with E-state index in [1.54, 1.807) is 39.0 Å². The Hall–Kier alpha value is -3.67. The molecule has 2 aromatic rings. The van der Waals surface area contributed by atoms with E-state index in [-0.39, 0.29) is 35.9 Å². The Kier molecular flexibility index (Phi) is 8.96. The molecule has 34 heavy (non-hydrogen) atoms. The molecule has 0 unspecified atom stereocenters.